The lowest BCUT2D eigenvalue weighted by Crippen LogP contribution is -2.23. The van der Waals surface area contributed by atoms with Crippen LogP contribution in [-0.4, -0.2) is 34.5 Å². The summed E-state index contributed by atoms with van der Waals surface area (Å²) in [4.78, 5) is 15.7. The number of rotatable bonds is 3. The lowest BCUT2D eigenvalue weighted by Gasteiger charge is -2.27. The third-order valence-electron chi connectivity index (χ3n) is 6.76. The number of pyridine rings is 1. The van der Waals surface area contributed by atoms with Crippen molar-refractivity contribution < 1.29 is 8.42 Å². The highest BCUT2D eigenvalue weighted by molar-refractivity contribution is 7.89. The maximum absolute atomic E-state index is 12.7. The summed E-state index contributed by atoms with van der Waals surface area (Å²) in [6, 6.07) is 8.91. The van der Waals surface area contributed by atoms with Crippen LogP contribution in [0, 0.1) is 17.2 Å². The Bertz CT molecular complexity index is 1420. The lowest BCUT2D eigenvalue weighted by molar-refractivity contribution is 0.277. The van der Waals surface area contributed by atoms with Gasteiger partial charge in [0.1, 0.15) is 5.39 Å². The van der Waals surface area contributed by atoms with Crippen molar-refractivity contribution in [3.8, 4) is 6.07 Å². The molecule has 1 aromatic carbocycles. The van der Waals surface area contributed by atoms with Crippen LogP contribution in [0.15, 0.2) is 40.2 Å². The maximum Gasteiger partial charge on any atom is 0.261 e. The normalized spacial score (nSPS) is 24.8. The minimum absolute atomic E-state index is 0.0903. The highest BCUT2D eigenvalue weighted by atomic mass is 32.2. The van der Waals surface area contributed by atoms with Gasteiger partial charge in [0, 0.05) is 25.0 Å². The molecule has 5 rings (SSSR count). The average molecular weight is 453 g/mol. The molecule has 3 aromatic rings. The Labute approximate surface area is 185 Å². The topological polar surface area (TPSA) is 124 Å². The van der Waals surface area contributed by atoms with E-state index in [9.17, 15) is 18.5 Å². The van der Waals surface area contributed by atoms with Gasteiger partial charge in [0.2, 0.25) is 10.0 Å². The van der Waals surface area contributed by atoms with Gasteiger partial charge in [-0.05, 0) is 49.6 Å². The first kappa shape index (κ1) is 20.7. The number of hydrogen-bond acceptors (Lipinski definition) is 6. The highest BCUT2D eigenvalue weighted by Gasteiger charge is 2.37. The molecule has 10 heteroatoms. The van der Waals surface area contributed by atoms with Crippen molar-refractivity contribution >= 4 is 32.4 Å². The van der Waals surface area contributed by atoms with E-state index in [0.717, 1.165) is 25.7 Å². The monoisotopic (exact) mass is 452 g/mol. The molecule has 1 fully saturated rings. The second-order valence-electron chi connectivity index (χ2n) is 8.52. The molecule has 0 radical (unpaired) electrons. The van der Waals surface area contributed by atoms with Crippen molar-refractivity contribution in [2.75, 3.05) is 12.4 Å². The third kappa shape index (κ3) is 3.04. The van der Waals surface area contributed by atoms with Crippen molar-refractivity contribution in [1.29, 1.82) is 5.26 Å². The van der Waals surface area contributed by atoms with Crippen LogP contribution in [0.3, 0.4) is 0 Å². The molecule has 2 aromatic heterocycles. The number of hydrogen-bond donors (Lipinski definition) is 2. The SMILES string of the molecule is CC1c2cc(Nc3nn([C@H]4CCCC[C@@H]4C#N)c4cc[nH]c(=O)c34)ccc2S(=O)(=O)N1C. The van der Waals surface area contributed by atoms with Gasteiger partial charge >= 0.3 is 0 Å². The average Bonchev–Trinajstić information content (AvgIpc) is 3.24. The minimum Gasteiger partial charge on any atom is -0.338 e. The Kier molecular flexibility index (Phi) is 4.83. The first-order chi connectivity index (χ1) is 15.3. The lowest BCUT2D eigenvalue weighted by atomic mass is 9.85. The fourth-order valence-electron chi connectivity index (χ4n) is 4.88. The Morgan fingerprint density at radius 1 is 1.25 bits per heavy atom. The molecule has 3 heterocycles. The molecule has 3 atom stereocenters. The molecule has 1 aliphatic carbocycles. The summed E-state index contributed by atoms with van der Waals surface area (Å²) in [6.07, 6.45) is 5.28. The number of anilines is 2. The molecule has 9 nitrogen and oxygen atoms in total. The number of fused-ring (bicyclic) bond motifs is 2. The van der Waals surface area contributed by atoms with Crippen LogP contribution in [0.4, 0.5) is 11.5 Å². The van der Waals surface area contributed by atoms with Crippen LogP contribution >= 0.6 is 0 Å². The van der Waals surface area contributed by atoms with Crippen molar-refractivity contribution in [3.63, 3.8) is 0 Å². The quantitative estimate of drug-likeness (QED) is 0.627. The van der Waals surface area contributed by atoms with Gasteiger partial charge in [0.05, 0.1) is 28.4 Å². The zero-order chi connectivity index (χ0) is 22.6. The van der Waals surface area contributed by atoms with Crippen molar-refractivity contribution in [2.24, 2.45) is 5.92 Å². The van der Waals surface area contributed by atoms with Gasteiger partial charge in [-0.1, -0.05) is 12.8 Å². The van der Waals surface area contributed by atoms with E-state index < -0.39 is 10.0 Å². The molecule has 32 heavy (non-hydrogen) atoms. The first-order valence-corrected chi connectivity index (χ1v) is 12.2. The summed E-state index contributed by atoms with van der Waals surface area (Å²) in [5, 5.41) is 18.0. The highest BCUT2D eigenvalue weighted by Crippen LogP contribution is 2.40. The number of nitriles is 1. The van der Waals surface area contributed by atoms with Gasteiger partial charge in [0.25, 0.3) is 5.56 Å². The number of aromatic amines is 1. The van der Waals surface area contributed by atoms with E-state index >= 15 is 0 Å². The zero-order valence-electron chi connectivity index (χ0n) is 17.9. The predicted molar refractivity (Wildman–Crippen MR) is 120 cm³/mol. The van der Waals surface area contributed by atoms with Crippen LogP contribution in [0.1, 0.15) is 50.3 Å². The van der Waals surface area contributed by atoms with Gasteiger partial charge in [-0.25, -0.2) is 8.42 Å². The van der Waals surface area contributed by atoms with Crippen LogP contribution in [0.5, 0.6) is 0 Å². The molecule has 1 saturated carbocycles. The van der Waals surface area contributed by atoms with E-state index in [1.807, 2.05) is 17.7 Å². The van der Waals surface area contributed by atoms with Crippen molar-refractivity contribution in [3.05, 3.63) is 46.4 Å². The second kappa shape index (κ2) is 7.46. The zero-order valence-corrected chi connectivity index (χ0v) is 18.7. The van der Waals surface area contributed by atoms with Crippen LogP contribution in [0.25, 0.3) is 10.9 Å². The first-order valence-electron chi connectivity index (χ1n) is 10.7. The van der Waals surface area contributed by atoms with Gasteiger partial charge in [0.15, 0.2) is 5.82 Å². The summed E-state index contributed by atoms with van der Waals surface area (Å²) in [5.74, 6) is 0.242. The maximum atomic E-state index is 12.7. The number of H-pyrrole nitrogens is 1. The largest absolute Gasteiger partial charge is 0.338 e. The Morgan fingerprint density at radius 2 is 2.03 bits per heavy atom. The van der Waals surface area contributed by atoms with Crippen LogP contribution in [-0.2, 0) is 10.0 Å². The van der Waals surface area contributed by atoms with E-state index in [-0.39, 0.29) is 23.6 Å². The molecule has 0 bridgehead atoms. The second-order valence-corrected chi connectivity index (χ2v) is 10.5. The summed E-state index contributed by atoms with van der Waals surface area (Å²) >= 11 is 0. The van der Waals surface area contributed by atoms with Crippen LogP contribution in [0.2, 0.25) is 0 Å². The molecule has 1 unspecified atom stereocenters. The molecule has 2 aliphatic rings. The number of aromatic nitrogens is 3. The van der Waals surface area contributed by atoms with Crippen molar-refractivity contribution in [2.45, 2.75) is 49.6 Å². The molecule has 2 N–H and O–H groups in total. The number of nitrogens with one attached hydrogen (secondary N) is 2. The van der Waals surface area contributed by atoms with Gasteiger partial charge in [-0.15, -0.1) is 0 Å². The summed E-state index contributed by atoms with van der Waals surface area (Å²) in [5.41, 5.74) is 1.76. The van der Waals surface area contributed by atoms with Gasteiger partial charge in [-0.3, -0.25) is 9.48 Å². The molecule has 0 spiro atoms. The van der Waals surface area contributed by atoms with Crippen molar-refractivity contribution in [1.82, 2.24) is 19.1 Å². The fourth-order valence-corrected chi connectivity index (χ4v) is 6.49. The predicted octanol–water partition coefficient (Wildman–Crippen LogP) is 3.42. The minimum atomic E-state index is -3.48. The molecule has 1 aliphatic heterocycles. The van der Waals surface area contributed by atoms with E-state index in [1.54, 1.807) is 31.4 Å². The molecular formula is C22H24N6O3S. The number of nitrogens with zero attached hydrogens (tertiary/aromatic N) is 4. The molecule has 0 amide bonds. The number of benzene rings is 1. The van der Waals surface area contributed by atoms with E-state index in [2.05, 4.69) is 16.4 Å². The fraction of sp³-hybridized carbons (Fsp3) is 0.409. The van der Waals surface area contributed by atoms with E-state index in [4.69, 9.17) is 5.10 Å². The standard InChI is InChI=1S/C22H24N6O3S/c1-13-16-11-15(7-8-19(16)32(30,31)27(13)2)25-21-20-18(9-10-24-22(20)29)28(26-21)17-6-4-3-5-14(17)12-23/h7-11,13-14,17H,3-6H2,1-2H3,(H,24,29)(H,25,26)/t13?,14-,17+/m1/s1. The molecule has 166 valence electrons. The Morgan fingerprint density at radius 3 is 2.81 bits per heavy atom. The summed E-state index contributed by atoms with van der Waals surface area (Å²) in [7, 11) is -1.92. The Balaban J connectivity index is 1.60. The van der Waals surface area contributed by atoms with Gasteiger partial charge < -0.3 is 10.3 Å². The molecular weight excluding hydrogens is 428 g/mol. The van der Waals surface area contributed by atoms with Crippen LogP contribution < -0.4 is 10.9 Å². The smallest absolute Gasteiger partial charge is 0.261 e. The Hall–Kier alpha value is -3.16. The van der Waals surface area contributed by atoms with Gasteiger partial charge in [-0.2, -0.15) is 14.7 Å². The third-order valence-corrected chi connectivity index (χ3v) is 8.77. The molecule has 0 saturated heterocycles. The summed E-state index contributed by atoms with van der Waals surface area (Å²) < 4.78 is 28.2. The van der Waals surface area contributed by atoms with E-state index in [1.165, 1.54) is 4.31 Å². The summed E-state index contributed by atoms with van der Waals surface area (Å²) in [6.45, 7) is 1.84. The number of sulfonamides is 1. The van der Waals surface area contributed by atoms with E-state index in [0.29, 0.717) is 32.9 Å².